The molecule has 0 radical (unpaired) electrons. The molecule has 1 nitrogen and oxygen atoms in total. The van der Waals surface area contributed by atoms with Crippen molar-refractivity contribution in [2.24, 2.45) is 0 Å². The van der Waals surface area contributed by atoms with Gasteiger partial charge in [-0.15, -0.1) is 0 Å². The first-order valence-corrected chi connectivity index (χ1v) is 19.8. The number of rotatable bonds is 5. The van der Waals surface area contributed by atoms with E-state index in [0.717, 1.165) is 37.1 Å². The zero-order valence-electron chi connectivity index (χ0n) is 30.8. The minimum Gasteiger partial charge on any atom is -0.310 e. The first-order valence-electron chi connectivity index (χ1n) is 19.8. The number of hydrogen-bond acceptors (Lipinski definition) is 1. The summed E-state index contributed by atoms with van der Waals surface area (Å²) in [5.74, 6) is 0. The largest absolute Gasteiger partial charge is 0.310 e. The Kier molecular flexibility index (Phi) is 7.32. The van der Waals surface area contributed by atoms with Crippen LogP contribution in [-0.4, -0.2) is 0 Å². The first-order chi connectivity index (χ1) is 27.2. The molecule has 0 aromatic heterocycles. The Hall–Kier alpha value is -6.44. The fourth-order valence-corrected chi connectivity index (χ4v) is 10.5. The van der Waals surface area contributed by atoms with Crippen LogP contribution >= 0.6 is 0 Å². The topological polar surface area (TPSA) is 3.24 Å². The number of hydrogen-bond donors (Lipinski definition) is 0. The van der Waals surface area contributed by atoms with Crippen molar-refractivity contribution >= 4 is 17.1 Å². The molecule has 0 saturated heterocycles. The molecule has 1 fully saturated rings. The standard InChI is InChI=1S/C54H41N/c1-3-15-38(16-4-1)40-19-13-21-42(35-40)55(43-22-14-20-41(36-43)39-17-5-2-6-18-39)44-29-30-48-47-25-9-12-28-51(47)54(52(48)37-44)33-31-53(32-34-54)49-26-10-7-23-45(49)46-24-8-11-27-50(46)53/h1-30,35-37H,31-34H2. The van der Waals surface area contributed by atoms with E-state index in [9.17, 15) is 0 Å². The summed E-state index contributed by atoms with van der Waals surface area (Å²) in [6, 6.07) is 74.5. The summed E-state index contributed by atoms with van der Waals surface area (Å²) in [4.78, 5) is 2.48. The predicted molar refractivity (Wildman–Crippen MR) is 229 cm³/mol. The monoisotopic (exact) mass is 703 g/mol. The van der Waals surface area contributed by atoms with Gasteiger partial charge in [0.2, 0.25) is 0 Å². The van der Waals surface area contributed by atoms with Gasteiger partial charge < -0.3 is 4.90 Å². The van der Waals surface area contributed by atoms with E-state index in [1.807, 2.05) is 0 Å². The van der Waals surface area contributed by atoms with Gasteiger partial charge in [0.05, 0.1) is 0 Å². The van der Waals surface area contributed by atoms with E-state index in [4.69, 9.17) is 0 Å². The lowest BCUT2D eigenvalue weighted by Crippen LogP contribution is -2.39. The van der Waals surface area contributed by atoms with Gasteiger partial charge in [-0.05, 0) is 129 Å². The lowest BCUT2D eigenvalue weighted by Gasteiger charge is -2.45. The lowest BCUT2D eigenvalue weighted by atomic mass is 9.57. The van der Waals surface area contributed by atoms with Gasteiger partial charge in [-0.2, -0.15) is 0 Å². The molecule has 0 amide bonds. The highest BCUT2D eigenvalue weighted by Crippen LogP contribution is 2.64. The zero-order valence-corrected chi connectivity index (χ0v) is 30.8. The summed E-state index contributed by atoms with van der Waals surface area (Å²) >= 11 is 0. The summed E-state index contributed by atoms with van der Waals surface area (Å²) < 4.78 is 0. The molecule has 11 rings (SSSR count). The summed E-state index contributed by atoms with van der Waals surface area (Å²) in [7, 11) is 0. The summed E-state index contributed by atoms with van der Waals surface area (Å²) in [6.45, 7) is 0. The van der Waals surface area contributed by atoms with Crippen molar-refractivity contribution in [1.82, 2.24) is 0 Å². The molecule has 262 valence electrons. The molecule has 0 aliphatic heterocycles. The highest BCUT2D eigenvalue weighted by Gasteiger charge is 2.53. The molecule has 0 bridgehead atoms. The second-order valence-corrected chi connectivity index (χ2v) is 15.7. The van der Waals surface area contributed by atoms with Crippen LogP contribution in [0.4, 0.5) is 17.1 Å². The van der Waals surface area contributed by atoms with Crippen LogP contribution in [0.3, 0.4) is 0 Å². The van der Waals surface area contributed by atoms with Gasteiger partial charge in [-0.3, -0.25) is 0 Å². The van der Waals surface area contributed by atoms with Gasteiger partial charge in [-0.1, -0.05) is 164 Å². The maximum absolute atomic E-state index is 2.55. The smallest absolute Gasteiger partial charge is 0.0467 e. The Morgan fingerprint density at radius 1 is 0.273 bits per heavy atom. The van der Waals surface area contributed by atoms with E-state index in [-0.39, 0.29) is 10.8 Å². The van der Waals surface area contributed by atoms with Gasteiger partial charge in [0.25, 0.3) is 0 Å². The molecular weight excluding hydrogens is 663 g/mol. The third-order valence-corrected chi connectivity index (χ3v) is 13.1. The van der Waals surface area contributed by atoms with Crippen molar-refractivity contribution in [3.05, 3.63) is 222 Å². The molecule has 8 aromatic carbocycles. The zero-order chi connectivity index (χ0) is 36.4. The lowest BCUT2D eigenvalue weighted by molar-refractivity contribution is 0.265. The highest BCUT2D eigenvalue weighted by atomic mass is 15.1. The van der Waals surface area contributed by atoms with Crippen molar-refractivity contribution in [3.63, 3.8) is 0 Å². The Bertz CT molecular complexity index is 2590. The minimum atomic E-state index is -0.0525. The molecule has 55 heavy (non-hydrogen) atoms. The van der Waals surface area contributed by atoms with Gasteiger partial charge in [0.1, 0.15) is 0 Å². The van der Waals surface area contributed by atoms with Crippen LogP contribution < -0.4 is 4.90 Å². The molecule has 2 spiro atoms. The number of benzene rings is 8. The SMILES string of the molecule is c1ccc(-c2cccc(N(c3cccc(-c4ccccc4)c3)c3ccc4c(c3)C3(CCC5(CC3)c3ccccc3-c3ccccc35)c3ccccc3-4)c2)cc1. The summed E-state index contributed by atoms with van der Waals surface area (Å²) in [5.41, 5.74) is 20.0. The van der Waals surface area contributed by atoms with Gasteiger partial charge in [0.15, 0.2) is 0 Å². The normalized spacial score (nSPS) is 15.3. The predicted octanol–water partition coefficient (Wildman–Crippen LogP) is 14.3. The molecule has 0 N–H and O–H groups in total. The van der Waals surface area contributed by atoms with E-state index < -0.39 is 0 Å². The van der Waals surface area contributed by atoms with Crippen molar-refractivity contribution in [2.45, 2.75) is 36.5 Å². The van der Waals surface area contributed by atoms with Gasteiger partial charge >= 0.3 is 0 Å². The van der Waals surface area contributed by atoms with Gasteiger partial charge in [0, 0.05) is 27.9 Å². The van der Waals surface area contributed by atoms with Gasteiger partial charge in [-0.25, -0.2) is 0 Å². The van der Waals surface area contributed by atoms with Crippen LogP contribution in [0.5, 0.6) is 0 Å². The second kappa shape index (κ2) is 12.6. The van der Waals surface area contributed by atoms with E-state index in [2.05, 4.69) is 205 Å². The van der Waals surface area contributed by atoms with Crippen LogP contribution in [0.1, 0.15) is 47.9 Å². The number of anilines is 3. The summed E-state index contributed by atoms with van der Waals surface area (Å²) in [5, 5.41) is 0. The Labute approximate surface area is 324 Å². The van der Waals surface area contributed by atoms with Crippen molar-refractivity contribution < 1.29 is 0 Å². The van der Waals surface area contributed by atoms with Crippen LogP contribution in [0.2, 0.25) is 0 Å². The van der Waals surface area contributed by atoms with Crippen LogP contribution in [0.15, 0.2) is 200 Å². The van der Waals surface area contributed by atoms with Crippen molar-refractivity contribution in [1.29, 1.82) is 0 Å². The molecule has 0 unspecified atom stereocenters. The first kappa shape index (κ1) is 32.0. The van der Waals surface area contributed by atoms with Crippen molar-refractivity contribution in [2.75, 3.05) is 4.90 Å². The molecule has 3 aliphatic rings. The average molecular weight is 704 g/mol. The molecule has 0 heterocycles. The molecular formula is C54H41N. The minimum absolute atomic E-state index is 0.0511. The molecule has 1 saturated carbocycles. The Balaban J connectivity index is 1.06. The van der Waals surface area contributed by atoms with Crippen molar-refractivity contribution in [3.8, 4) is 44.5 Å². The third-order valence-electron chi connectivity index (χ3n) is 13.1. The number of fused-ring (bicyclic) bond motifs is 10. The summed E-state index contributed by atoms with van der Waals surface area (Å²) in [6.07, 6.45) is 4.47. The number of nitrogens with zero attached hydrogens (tertiary/aromatic N) is 1. The van der Waals surface area contributed by atoms with E-state index in [1.165, 1.54) is 72.4 Å². The third kappa shape index (κ3) is 4.93. The van der Waals surface area contributed by atoms with E-state index in [1.54, 1.807) is 0 Å². The fourth-order valence-electron chi connectivity index (χ4n) is 10.5. The maximum atomic E-state index is 2.55. The van der Waals surface area contributed by atoms with Crippen LogP contribution in [0.25, 0.3) is 44.5 Å². The highest BCUT2D eigenvalue weighted by molar-refractivity contribution is 5.88. The fraction of sp³-hybridized carbons (Fsp3) is 0.111. The molecule has 0 atom stereocenters. The Morgan fingerprint density at radius 2 is 0.636 bits per heavy atom. The van der Waals surface area contributed by atoms with E-state index in [0.29, 0.717) is 0 Å². The second-order valence-electron chi connectivity index (χ2n) is 15.7. The quantitative estimate of drug-likeness (QED) is 0.172. The van der Waals surface area contributed by atoms with Crippen LogP contribution in [0, 0.1) is 0 Å². The molecule has 3 aliphatic carbocycles. The van der Waals surface area contributed by atoms with E-state index >= 15 is 0 Å². The maximum Gasteiger partial charge on any atom is 0.0467 e. The average Bonchev–Trinajstić information content (AvgIpc) is 3.69. The molecule has 1 heteroatoms. The molecule has 8 aromatic rings. The Morgan fingerprint density at radius 3 is 1.11 bits per heavy atom. The van der Waals surface area contributed by atoms with Crippen LogP contribution in [-0.2, 0) is 10.8 Å².